The summed E-state index contributed by atoms with van der Waals surface area (Å²) in [6, 6.07) is 13.1. The lowest BCUT2D eigenvalue weighted by atomic mass is 10.1. The van der Waals surface area contributed by atoms with Crippen LogP contribution in [-0.4, -0.2) is 16.0 Å². The number of aromatic nitrogens is 2. The van der Waals surface area contributed by atoms with Crippen LogP contribution in [0.15, 0.2) is 70.1 Å². The van der Waals surface area contributed by atoms with Crippen LogP contribution in [0.2, 0.25) is 0 Å². The van der Waals surface area contributed by atoms with Crippen molar-refractivity contribution in [2.45, 2.75) is 13.0 Å². The molecule has 3 heterocycles. The zero-order valence-corrected chi connectivity index (χ0v) is 13.3. The lowest BCUT2D eigenvalue weighted by Gasteiger charge is -2.05. The highest BCUT2D eigenvalue weighted by atomic mass is 16.5. The number of pyridine rings is 1. The highest BCUT2D eigenvalue weighted by molar-refractivity contribution is 5.86. The van der Waals surface area contributed by atoms with Gasteiger partial charge in [0.15, 0.2) is 5.58 Å². The van der Waals surface area contributed by atoms with E-state index in [4.69, 9.17) is 8.94 Å². The molecule has 4 rings (SSSR count). The van der Waals surface area contributed by atoms with E-state index in [1.54, 1.807) is 18.7 Å². The fourth-order valence-corrected chi connectivity index (χ4v) is 2.64. The Labute approximate surface area is 143 Å². The number of fused-ring (bicyclic) bond motifs is 1. The normalized spacial score (nSPS) is 10.9. The average Bonchev–Trinajstić information content (AvgIpc) is 3.31. The molecule has 0 aliphatic carbocycles. The van der Waals surface area contributed by atoms with Crippen LogP contribution in [-0.2, 0) is 17.8 Å². The van der Waals surface area contributed by atoms with Crippen LogP contribution < -0.4 is 5.32 Å². The molecule has 0 saturated heterocycles. The number of nitrogens with one attached hydrogen (secondary N) is 1. The van der Waals surface area contributed by atoms with Crippen molar-refractivity contribution < 1.29 is 13.7 Å². The van der Waals surface area contributed by atoms with Gasteiger partial charge in [0, 0.05) is 29.9 Å². The first kappa shape index (κ1) is 15.1. The van der Waals surface area contributed by atoms with Crippen molar-refractivity contribution in [3.8, 4) is 11.3 Å². The van der Waals surface area contributed by atoms with Crippen LogP contribution >= 0.6 is 0 Å². The quantitative estimate of drug-likeness (QED) is 0.606. The second-order valence-electron chi connectivity index (χ2n) is 5.64. The van der Waals surface area contributed by atoms with E-state index in [1.165, 1.54) is 0 Å². The van der Waals surface area contributed by atoms with Crippen LogP contribution in [0.25, 0.3) is 22.3 Å². The molecule has 0 radical (unpaired) electrons. The molecule has 0 bridgehead atoms. The van der Waals surface area contributed by atoms with Crippen molar-refractivity contribution in [1.82, 2.24) is 15.5 Å². The number of amides is 1. The molecular weight excluding hydrogens is 318 g/mol. The van der Waals surface area contributed by atoms with Crippen molar-refractivity contribution in [1.29, 1.82) is 0 Å². The zero-order chi connectivity index (χ0) is 17.1. The molecule has 0 aliphatic heterocycles. The third kappa shape index (κ3) is 3.28. The van der Waals surface area contributed by atoms with Gasteiger partial charge >= 0.3 is 0 Å². The number of furan rings is 1. The Morgan fingerprint density at radius 2 is 2.04 bits per heavy atom. The predicted molar refractivity (Wildman–Crippen MR) is 91.5 cm³/mol. The molecule has 0 atom stereocenters. The predicted octanol–water partition coefficient (Wildman–Crippen LogP) is 3.34. The van der Waals surface area contributed by atoms with Crippen molar-refractivity contribution >= 4 is 16.9 Å². The molecule has 124 valence electrons. The molecule has 0 aliphatic rings. The van der Waals surface area contributed by atoms with E-state index < -0.39 is 0 Å². The van der Waals surface area contributed by atoms with E-state index in [2.05, 4.69) is 15.5 Å². The summed E-state index contributed by atoms with van der Waals surface area (Å²) in [5, 5.41) is 7.72. The second kappa shape index (κ2) is 6.60. The van der Waals surface area contributed by atoms with E-state index in [1.807, 2.05) is 42.5 Å². The lowest BCUT2D eigenvalue weighted by Crippen LogP contribution is -2.24. The molecule has 6 heteroatoms. The lowest BCUT2D eigenvalue weighted by molar-refractivity contribution is -0.120. The number of carbonyl (C=O) groups excluding carboxylic acids is 1. The Hall–Kier alpha value is -3.41. The van der Waals surface area contributed by atoms with E-state index in [9.17, 15) is 4.79 Å². The molecule has 0 spiro atoms. The molecule has 1 aromatic carbocycles. The van der Waals surface area contributed by atoms with Crippen LogP contribution in [0, 0.1) is 0 Å². The average molecular weight is 333 g/mol. The summed E-state index contributed by atoms with van der Waals surface area (Å²) in [4.78, 5) is 16.4. The van der Waals surface area contributed by atoms with Crippen LogP contribution in [0.5, 0.6) is 0 Å². The molecule has 25 heavy (non-hydrogen) atoms. The fraction of sp³-hybridized carbons (Fsp3) is 0.105. The summed E-state index contributed by atoms with van der Waals surface area (Å²) in [6.07, 6.45) is 5.23. The Balaban J connectivity index is 1.41. The summed E-state index contributed by atoms with van der Waals surface area (Å²) in [5.41, 5.74) is 3.09. The fourth-order valence-electron chi connectivity index (χ4n) is 2.64. The van der Waals surface area contributed by atoms with Crippen LogP contribution in [0.4, 0.5) is 0 Å². The maximum absolute atomic E-state index is 12.2. The van der Waals surface area contributed by atoms with Gasteiger partial charge in [-0.05, 0) is 35.9 Å². The third-order valence-corrected chi connectivity index (χ3v) is 3.87. The van der Waals surface area contributed by atoms with E-state index in [0.29, 0.717) is 17.8 Å². The summed E-state index contributed by atoms with van der Waals surface area (Å²) in [7, 11) is 0. The summed E-state index contributed by atoms with van der Waals surface area (Å²) < 4.78 is 10.6. The zero-order valence-electron chi connectivity index (χ0n) is 13.3. The highest BCUT2D eigenvalue weighted by Crippen LogP contribution is 2.20. The smallest absolute Gasteiger partial charge is 0.226 e. The first-order valence-electron chi connectivity index (χ1n) is 7.87. The monoisotopic (exact) mass is 333 g/mol. The Bertz CT molecular complexity index is 1010. The minimum atomic E-state index is -0.123. The summed E-state index contributed by atoms with van der Waals surface area (Å²) in [6.45, 7) is 0.385. The van der Waals surface area contributed by atoms with E-state index >= 15 is 0 Å². The van der Waals surface area contributed by atoms with Gasteiger partial charge < -0.3 is 14.3 Å². The van der Waals surface area contributed by atoms with Crippen LogP contribution in [0.3, 0.4) is 0 Å². The SMILES string of the molecule is O=C(Cc1noc2ccccc12)NCc1cncc(-c2ccco2)c1. The van der Waals surface area contributed by atoms with Crippen molar-refractivity contribution in [3.63, 3.8) is 0 Å². The summed E-state index contributed by atoms with van der Waals surface area (Å²) in [5.74, 6) is 0.622. The molecule has 4 aromatic rings. The van der Waals surface area contributed by atoms with Crippen molar-refractivity contribution in [3.05, 3.63) is 72.4 Å². The molecular formula is C19H15N3O3. The topological polar surface area (TPSA) is 81.2 Å². The summed E-state index contributed by atoms with van der Waals surface area (Å²) >= 11 is 0. The molecule has 1 amide bonds. The number of hydrogen-bond donors (Lipinski definition) is 1. The molecule has 0 saturated carbocycles. The van der Waals surface area contributed by atoms with Gasteiger partial charge in [-0.3, -0.25) is 9.78 Å². The van der Waals surface area contributed by atoms with Crippen molar-refractivity contribution in [2.24, 2.45) is 0 Å². The maximum atomic E-state index is 12.2. The van der Waals surface area contributed by atoms with Gasteiger partial charge in [-0.25, -0.2) is 0 Å². The van der Waals surface area contributed by atoms with Gasteiger partial charge in [0.05, 0.1) is 12.7 Å². The van der Waals surface area contributed by atoms with Gasteiger partial charge in [-0.1, -0.05) is 17.3 Å². The molecule has 0 fully saturated rings. The van der Waals surface area contributed by atoms with Gasteiger partial charge in [-0.2, -0.15) is 0 Å². The minimum absolute atomic E-state index is 0.123. The molecule has 1 N–H and O–H groups in total. The Morgan fingerprint density at radius 1 is 1.12 bits per heavy atom. The standard InChI is InChI=1S/C19H15N3O3/c23-19(9-16-15-4-1-2-5-18(15)25-22-16)21-11-13-8-14(12-20-10-13)17-6-3-7-24-17/h1-8,10,12H,9,11H2,(H,21,23). The number of hydrogen-bond acceptors (Lipinski definition) is 5. The highest BCUT2D eigenvalue weighted by Gasteiger charge is 2.12. The van der Waals surface area contributed by atoms with Gasteiger partial charge in [0.25, 0.3) is 0 Å². The van der Waals surface area contributed by atoms with E-state index in [-0.39, 0.29) is 12.3 Å². The largest absolute Gasteiger partial charge is 0.464 e. The first-order valence-corrected chi connectivity index (χ1v) is 7.87. The number of para-hydroxylation sites is 1. The Morgan fingerprint density at radius 3 is 2.92 bits per heavy atom. The number of rotatable bonds is 5. The molecule has 6 nitrogen and oxygen atoms in total. The minimum Gasteiger partial charge on any atom is -0.464 e. The van der Waals surface area contributed by atoms with Gasteiger partial charge in [0.1, 0.15) is 11.5 Å². The number of benzene rings is 1. The van der Waals surface area contributed by atoms with Gasteiger partial charge in [-0.15, -0.1) is 0 Å². The van der Waals surface area contributed by atoms with Crippen molar-refractivity contribution in [2.75, 3.05) is 0 Å². The maximum Gasteiger partial charge on any atom is 0.226 e. The third-order valence-electron chi connectivity index (χ3n) is 3.87. The molecule has 3 aromatic heterocycles. The second-order valence-corrected chi connectivity index (χ2v) is 5.64. The number of carbonyl (C=O) groups is 1. The van der Waals surface area contributed by atoms with Gasteiger partial charge in [0.2, 0.25) is 5.91 Å². The first-order chi connectivity index (χ1) is 12.3. The van der Waals surface area contributed by atoms with E-state index in [0.717, 1.165) is 22.3 Å². The van der Waals surface area contributed by atoms with Crippen LogP contribution in [0.1, 0.15) is 11.3 Å². The number of nitrogens with zero attached hydrogens (tertiary/aromatic N) is 2. The molecule has 0 unspecified atom stereocenters. The Kier molecular flexibility index (Phi) is 4.00.